The van der Waals surface area contributed by atoms with Crippen LogP contribution in [0.3, 0.4) is 0 Å². The molecule has 0 aromatic carbocycles. The van der Waals surface area contributed by atoms with Crippen LogP contribution in [0.1, 0.15) is 5.82 Å². The smallest absolute Gasteiger partial charge is 0.226 e. The lowest BCUT2D eigenvalue weighted by atomic mass is 10.6. The number of hydrogen-bond acceptors (Lipinski definition) is 3. The number of hydrogen-bond donors (Lipinski definition) is 0. The molecule has 1 rings (SSSR count). The van der Waals surface area contributed by atoms with Crippen LogP contribution in [0, 0.1) is 14.9 Å². The predicted molar refractivity (Wildman–Crippen MR) is 39.5 cm³/mol. The summed E-state index contributed by atoms with van der Waals surface area (Å²) in [5.74, 6) is 0.218. The molecular weight excluding hydrogens is 229 g/mol. The summed E-state index contributed by atoms with van der Waals surface area (Å²) in [5, 5.41) is 8.25. The molecule has 0 fully saturated rings. The maximum absolute atomic E-state index is 8.25. The van der Waals surface area contributed by atoms with E-state index < -0.39 is 0 Å². The van der Waals surface area contributed by atoms with Crippen molar-refractivity contribution in [2.24, 2.45) is 0 Å². The first-order valence-electron chi connectivity index (χ1n) is 2.20. The molecule has 0 aliphatic heterocycles. The Bertz CT molecular complexity index is 235. The predicted octanol–water partition coefficient (Wildman–Crippen LogP) is 0.953. The average molecular weight is 231 g/mol. The Balaban J connectivity index is 3.06. The minimum atomic E-state index is 0.218. The van der Waals surface area contributed by atoms with Gasteiger partial charge in [0.25, 0.3) is 0 Å². The Hall–Kier alpha value is -0.700. The van der Waals surface area contributed by atoms with Crippen molar-refractivity contribution < 1.29 is 0 Å². The molecule has 0 unspecified atom stereocenters. The maximum Gasteiger partial charge on any atom is 0.232 e. The second-order valence-electron chi connectivity index (χ2n) is 1.34. The van der Waals surface area contributed by atoms with E-state index in [9.17, 15) is 0 Å². The van der Waals surface area contributed by atoms with Crippen molar-refractivity contribution in [3.63, 3.8) is 0 Å². The first-order valence-corrected chi connectivity index (χ1v) is 3.28. The maximum atomic E-state index is 8.25. The summed E-state index contributed by atoms with van der Waals surface area (Å²) in [5.41, 5.74) is 0. The van der Waals surface area contributed by atoms with E-state index >= 15 is 0 Å². The van der Waals surface area contributed by atoms with E-state index in [4.69, 9.17) is 5.26 Å². The molecule has 1 aromatic heterocycles. The van der Waals surface area contributed by atoms with Gasteiger partial charge >= 0.3 is 0 Å². The number of nitriles is 1. The van der Waals surface area contributed by atoms with E-state index in [0.717, 1.165) is 3.57 Å². The second-order valence-corrected chi connectivity index (χ2v) is 2.58. The van der Waals surface area contributed by atoms with Crippen LogP contribution >= 0.6 is 22.6 Å². The van der Waals surface area contributed by atoms with Crippen molar-refractivity contribution in [1.82, 2.24) is 9.97 Å². The van der Waals surface area contributed by atoms with Crippen LogP contribution in [0.15, 0.2) is 12.4 Å². The molecular formula is C5H2IN3. The normalized spacial score (nSPS) is 8.44. The summed E-state index contributed by atoms with van der Waals surface area (Å²) in [6, 6.07) is 1.83. The Morgan fingerprint density at radius 3 is 2.44 bits per heavy atom. The molecule has 44 valence electrons. The molecule has 9 heavy (non-hydrogen) atoms. The molecule has 0 spiro atoms. The van der Waals surface area contributed by atoms with Crippen molar-refractivity contribution in [2.45, 2.75) is 0 Å². The van der Waals surface area contributed by atoms with Crippen molar-refractivity contribution in [2.75, 3.05) is 0 Å². The van der Waals surface area contributed by atoms with Gasteiger partial charge in [-0.25, -0.2) is 9.97 Å². The fourth-order valence-corrected chi connectivity index (χ4v) is 0.649. The Kier molecular flexibility index (Phi) is 1.95. The average Bonchev–Trinajstić information content (AvgIpc) is 1.90. The van der Waals surface area contributed by atoms with E-state index in [1.807, 2.05) is 6.07 Å². The van der Waals surface area contributed by atoms with Gasteiger partial charge in [-0.2, -0.15) is 5.26 Å². The summed E-state index contributed by atoms with van der Waals surface area (Å²) in [4.78, 5) is 7.43. The van der Waals surface area contributed by atoms with E-state index in [-0.39, 0.29) is 5.82 Å². The van der Waals surface area contributed by atoms with E-state index in [2.05, 4.69) is 32.6 Å². The molecule has 1 heterocycles. The first kappa shape index (κ1) is 6.42. The number of halogens is 1. The zero-order chi connectivity index (χ0) is 6.69. The third-order valence-corrected chi connectivity index (χ3v) is 1.28. The van der Waals surface area contributed by atoms with Crippen LogP contribution in [0.25, 0.3) is 0 Å². The van der Waals surface area contributed by atoms with Gasteiger partial charge in [0.15, 0.2) is 0 Å². The Labute approximate surface area is 65.9 Å². The molecule has 4 heteroatoms. The van der Waals surface area contributed by atoms with Crippen LogP contribution in [-0.2, 0) is 0 Å². The van der Waals surface area contributed by atoms with Gasteiger partial charge < -0.3 is 0 Å². The largest absolute Gasteiger partial charge is 0.232 e. The molecule has 0 aliphatic carbocycles. The summed E-state index contributed by atoms with van der Waals surface area (Å²) in [6.45, 7) is 0. The standard InChI is InChI=1S/C5H2IN3/c6-4-2-8-5(1-7)9-3-4/h2-3H. The molecule has 0 radical (unpaired) electrons. The molecule has 1 aromatic rings. The SMILES string of the molecule is N#Cc1ncc(I)cn1. The van der Waals surface area contributed by atoms with Crippen LogP contribution in [0.4, 0.5) is 0 Å². The van der Waals surface area contributed by atoms with E-state index in [1.165, 1.54) is 0 Å². The molecule has 0 saturated carbocycles. The highest BCUT2D eigenvalue weighted by molar-refractivity contribution is 14.1. The summed E-state index contributed by atoms with van der Waals surface area (Å²) in [7, 11) is 0. The van der Waals surface area contributed by atoms with Gasteiger partial charge in [-0.05, 0) is 22.6 Å². The fourth-order valence-electron chi connectivity index (χ4n) is 0.370. The lowest BCUT2D eigenvalue weighted by Gasteiger charge is -1.85. The number of rotatable bonds is 0. The lowest BCUT2D eigenvalue weighted by molar-refractivity contribution is 1.10. The molecule has 0 bridgehead atoms. The van der Waals surface area contributed by atoms with Crippen LogP contribution in [0.2, 0.25) is 0 Å². The topological polar surface area (TPSA) is 49.6 Å². The van der Waals surface area contributed by atoms with Crippen molar-refractivity contribution >= 4 is 22.6 Å². The third-order valence-electron chi connectivity index (χ3n) is 0.720. The number of nitrogens with zero attached hydrogens (tertiary/aromatic N) is 3. The minimum absolute atomic E-state index is 0.218. The molecule has 0 saturated heterocycles. The lowest BCUT2D eigenvalue weighted by Crippen LogP contribution is -1.86. The first-order chi connectivity index (χ1) is 4.33. The van der Waals surface area contributed by atoms with Gasteiger partial charge in [0.05, 0.1) is 0 Å². The van der Waals surface area contributed by atoms with Gasteiger partial charge in [-0.1, -0.05) is 0 Å². The Morgan fingerprint density at radius 2 is 2.00 bits per heavy atom. The molecule has 0 atom stereocenters. The molecule has 0 aliphatic rings. The van der Waals surface area contributed by atoms with Crippen molar-refractivity contribution in [1.29, 1.82) is 5.26 Å². The Morgan fingerprint density at radius 1 is 1.44 bits per heavy atom. The van der Waals surface area contributed by atoms with Crippen LogP contribution in [0.5, 0.6) is 0 Å². The van der Waals surface area contributed by atoms with Crippen LogP contribution in [-0.4, -0.2) is 9.97 Å². The fraction of sp³-hybridized carbons (Fsp3) is 0. The third kappa shape index (κ3) is 1.61. The zero-order valence-electron chi connectivity index (χ0n) is 4.37. The highest BCUT2D eigenvalue weighted by atomic mass is 127. The molecule has 0 amide bonds. The highest BCUT2D eigenvalue weighted by Crippen LogP contribution is 1.97. The summed E-state index contributed by atoms with van der Waals surface area (Å²) in [6.07, 6.45) is 3.21. The minimum Gasteiger partial charge on any atom is -0.226 e. The summed E-state index contributed by atoms with van der Waals surface area (Å²) < 4.78 is 0.937. The quantitative estimate of drug-likeness (QED) is 0.624. The van der Waals surface area contributed by atoms with Gasteiger partial charge in [-0.15, -0.1) is 0 Å². The van der Waals surface area contributed by atoms with Gasteiger partial charge in [0, 0.05) is 16.0 Å². The van der Waals surface area contributed by atoms with Crippen molar-refractivity contribution in [3.8, 4) is 6.07 Å². The zero-order valence-corrected chi connectivity index (χ0v) is 6.53. The van der Waals surface area contributed by atoms with Crippen LogP contribution < -0.4 is 0 Å². The highest BCUT2D eigenvalue weighted by Gasteiger charge is 1.89. The number of aromatic nitrogens is 2. The van der Waals surface area contributed by atoms with Gasteiger partial charge in [0.1, 0.15) is 6.07 Å². The van der Waals surface area contributed by atoms with Gasteiger partial charge in [-0.3, -0.25) is 0 Å². The monoisotopic (exact) mass is 231 g/mol. The van der Waals surface area contributed by atoms with E-state index in [1.54, 1.807) is 12.4 Å². The molecule has 0 N–H and O–H groups in total. The second kappa shape index (κ2) is 2.73. The van der Waals surface area contributed by atoms with Gasteiger partial charge in [0.2, 0.25) is 5.82 Å². The molecule has 3 nitrogen and oxygen atoms in total. The summed E-state index contributed by atoms with van der Waals surface area (Å²) >= 11 is 2.08. The van der Waals surface area contributed by atoms with Crippen molar-refractivity contribution in [3.05, 3.63) is 21.8 Å². The van der Waals surface area contributed by atoms with E-state index in [0.29, 0.717) is 0 Å².